The summed E-state index contributed by atoms with van der Waals surface area (Å²) in [6.07, 6.45) is -1.42. The number of nitrogens with one attached hydrogen (secondary N) is 1. The molecule has 1 atom stereocenters. The Morgan fingerprint density at radius 1 is 1.29 bits per heavy atom. The first kappa shape index (κ1) is 19.1. The van der Waals surface area contributed by atoms with Crippen LogP contribution in [0.1, 0.15) is 40.7 Å². The van der Waals surface area contributed by atoms with E-state index in [4.69, 9.17) is 0 Å². The Balaban J connectivity index is 0.00000208. The fraction of sp³-hybridized carbons (Fsp3) is 0.588. The zero-order chi connectivity index (χ0) is 16.7. The third-order valence-electron chi connectivity index (χ3n) is 5.08. The van der Waals surface area contributed by atoms with E-state index in [2.05, 4.69) is 5.32 Å². The van der Waals surface area contributed by atoms with E-state index in [1.54, 1.807) is 11.8 Å². The number of halogens is 4. The molecule has 2 aliphatic heterocycles. The Morgan fingerprint density at radius 2 is 2.04 bits per heavy atom. The van der Waals surface area contributed by atoms with Gasteiger partial charge >= 0.3 is 6.18 Å². The second-order valence-electron chi connectivity index (χ2n) is 6.78. The minimum atomic E-state index is -4.43. The maximum atomic E-state index is 12.9. The Bertz CT molecular complexity index is 612. The molecule has 1 aromatic rings. The maximum Gasteiger partial charge on any atom is 0.416 e. The molecule has 2 heterocycles. The normalized spacial score (nSPS) is 24.1. The summed E-state index contributed by atoms with van der Waals surface area (Å²) in [5.74, 6) is -0.278. The van der Waals surface area contributed by atoms with Crippen LogP contribution in [0.4, 0.5) is 13.2 Å². The largest absolute Gasteiger partial charge is 0.416 e. The fourth-order valence-electron chi connectivity index (χ4n) is 3.72. The van der Waals surface area contributed by atoms with Gasteiger partial charge in [-0.2, -0.15) is 13.2 Å². The molecule has 2 saturated heterocycles. The van der Waals surface area contributed by atoms with Gasteiger partial charge < -0.3 is 10.2 Å². The van der Waals surface area contributed by atoms with Crippen molar-refractivity contribution in [2.75, 3.05) is 26.2 Å². The number of benzene rings is 1. The van der Waals surface area contributed by atoms with Crippen LogP contribution in [-0.4, -0.2) is 37.0 Å². The number of aryl methyl sites for hydroxylation is 1. The van der Waals surface area contributed by atoms with Crippen LogP contribution in [0, 0.1) is 12.3 Å². The summed E-state index contributed by atoms with van der Waals surface area (Å²) in [6, 6.07) is 3.41. The molecule has 24 heavy (non-hydrogen) atoms. The number of hydrogen-bond acceptors (Lipinski definition) is 2. The lowest BCUT2D eigenvalue weighted by Gasteiger charge is -2.40. The van der Waals surface area contributed by atoms with Crippen LogP contribution in [0.2, 0.25) is 0 Å². The van der Waals surface area contributed by atoms with Gasteiger partial charge in [0.1, 0.15) is 0 Å². The highest BCUT2D eigenvalue weighted by molar-refractivity contribution is 5.96. The van der Waals surface area contributed by atoms with Crippen molar-refractivity contribution in [1.82, 2.24) is 10.2 Å². The fourth-order valence-corrected chi connectivity index (χ4v) is 3.72. The van der Waals surface area contributed by atoms with Crippen LogP contribution in [-0.2, 0) is 6.18 Å². The van der Waals surface area contributed by atoms with E-state index >= 15 is 0 Å². The zero-order valence-corrected chi connectivity index (χ0v) is 14.4. The van der Waals surface area contributed by atoms with Crippen LogP contribution >= 0.6 is 12.4 Å². The SMILES string of the molecule is Cc1ccc(C(F)(F)F)cc1C(=O)N1CCCC2(CCNC2)C1.Cl. The first-order valence-corrected chi connectivity index (χ1v) is 7.99. The number of likely N-dealkylation sites (tertiary alicyclic amines) is 1. The topological polar surface area (TPSA) is 32.3 Å². The molecule has 2 fully saturated rings. The number of carbonyl (C=O) groups excluding carboxylic acids is 1. The molecular formula is C17H22ClF3N2O. The van der Waals surface area contributed by atoms with Crippen molar-refractivity contribution >= 4 is 18.3 Å². The number of alkyl halides is 3. The molecule has 134 valence electrons. The van der Waals surface area contributed by atoms with Crippen LogP contribution in [0.25, 0.3) is 0 Å². The number of hydrogen-bond donors (Lipinski definition) is 1. The standard InChI is InChI=1S/C17H21F3N2O.ClH/c1-12-3-4-13(17(18,19)20)9-14(12)15(23)22-8-2-5-16(11-22)6-7-21-10-16;/h3-4,9,21H,2,5-8,10-11H2,1H3;1H. The summed E-state index contributed by atoms with van der Waals surface area (Å²) in [5.41, 5.74) is 0.0967. The third kappa shape index (κ3) is 3.70. The first-order chi connectivity index (χ1) is 10.8. The van der Waals surface area contributed by atoms with Crippen molar-refractivity contribution in [3.8, 4) is 0 Å². The Hall–Kier alpha value is -1.27. The van der Waals surface area contributed by atoms with Gasteiger partial charge in [0, 0.05) is 30.6 Å². The van der Waals surface area contributed by atoms with Gasteiger partial charge in [-0.05, 0) is 50.4 Å². The predicted molar refractivity (Wildman–Crippen MR) is 88.5 cm³/mol. The molecule has 1 unspecified atom stereocenters. The molecule has 1 N–H and O–H groups in total. The molecule has 0 bridgehead atoms. The second-order valence-corrected chi connectivity index (χ2v) is 6.78. The molecule has 0 aromatic heterocycles. The van der Waals surface area contributed by atoms with Crippen molar-refractivity contribution in [2.45, 2.75) is 32.4 Å². The lowest BCUT2D eigenvalue weighted by Crippen LogP contribution is -2.47. The van der Waals surface area contributed by atoms with Gasteiger partial charge in [-0.1, -0.05) is 6.07 Å². The van der Waals surface area contributed by atoms with Gasteiger partial charge in [0.25, 0.3) is 5.91 Å². The van der Waals surface area contributed by atoms with E-state index < -0.39 is 11.7 Å². The quantitative estimate of drug-likeness (QED) is 0.827. The van der Waals surface area contributed by atoms with Gasteiger partial charge in [-0.15, -0.1) is 12.4 Å². The smallest absolute Gasteiger partial charge is 0.338 e. The molecule has 1 aromatic carbocycles. The van der Waals surface area contributed by atoms with E-state index in [-0.39, 0.29) is 29.3 Å². The summed E-state index contributed by atoms with van der Waals surface area (Å²) in [5, 5.41) is 3.34. The summed E-state index contributed by atoms with van der Waals surface area (Å²) in [4.78, 5) is 14.5. The Morgan fingerprint density at radius 3 is 2.67 bits per heavy atom. The maximum absolute atomic E-state index is 12.9. The van der Waals surface area contributed by atoms with Crippen molar-refractivity contribution in [3.05, 3.63) is 34.9 Å². The lowest BCUT2D eigenvalue weighted by molar-refractivity contribution is -0.137. The molecule has 2 aliphatic rings. The molecular weight excluding hydrogens is 341 g/mol. The number of carbonyl (C=O) groups is 1. The van der Waals surface area contributed by atoms with E-state index in [0.717, 1.165) is 44.5 Å². The number of amides is 1. The van der Waals surface area contributed by atoms with Gasteiger partial charge in [-0.25, -0.2) is 0 Å². The summed E-state index contributed by atoms with van der Waals surface area (Å²) in [6.45, 7) is 4.78. The minimum absolute atomic E-state index is 0. The molecule has 1 spiro atoms. The molecule has 3 nitrogen and oxygen atoms in total. The number of piperidine rings is 1. The minimum Gasteiger partial charge on any atom is -0.338 e. The van der Waals surface area contributed by atoms with E-state index in [9.17, 15) is 18.0 Å². The molecule has 0 saturated carbocycles. The average Bonchev–Trinajstić information content (AvgIpc) is 2.93. The van der Waals surface area contributed by atoms with Gasteiger partial charge in [-0.3, -0.25) is 4.79 Å². The highest BCUT2D eigenvalue weighted by atomic mass is 35.5. The first-order valence-electron chi connectivity index (χ1n) is 7.99. The van der Waals surface area contributed by atoms with Crippen molar-refractivity contribution < 1.29 is 18.0 Å². The highest BCUT2D eigenvalue weighted by Crippen LogP contribution is 2.36. The van der Waals surface area contributed by atoms with E-state index in [1.807, 2.05) is 0 Å². The van der Waals surface area contributed by atoms with Crippen molar-refractivity contribution in [3.63, 3.8) is 0 Å². The Kier molecular flexibility index (Phi) is 5.50. The summed E-state index contributed by atoms with van der Waals surface area (Å²) >= 11 is 0. The molecule has 1 amide bonds. The Labute approximate surface area is 146 Å². The third-order valence-corrected chi connectivity index (χ3v) is 5.08. The van der Waals surface area contributed by atoms with Gasteiger partial charge in [0.05, 0.1) is 5.56 Å². The molecule has 3 rings (SSSR count). The lowest BCUT2D eigenvalue weighted by atomic mass is 9.79. The molecule has 7 heteroatoms. The monoisotopic (exact) mass is 362 g/mol. The van der Waals surface area contributed by atoms with Crippen molar-refractivity contribution in [1.29, 1.82) is 0 Å². The second kappa shape index (κ2) is 6.92. The van der Waals surface area contributed by atoms with Crippen LogP contribution in [0.15, 0.2) is 18.2 Å². The number of nitrogens with zero attached hydrogens (tertiary/aromatic N) is 1. The summed E-state index contributed by atoms with van der Waals surface area (Å²) < 4.78 is 38.7. The van der Waals surface area contributed by atoms with E-state index in [0.29, 0.717) is 18.7 Å². The van der Waals surface area contributed by atoms with Crippen molar-refractivity contribution in [2.24, 2.45) is 5.41 Å². The summed E-state index contributed by atoms with van der Waals surface area (Å²) in [7, 11) is 0. The van der Waals surface area contributed by atoms with Gasteiger partial charge in [0.2, 0.25) is 0 Å². The number of rotatable bonds is 1. The molecule has 0 aliphatic carbocycles. The van der Waals surface area contributed by atoms with Gasteiger partial charge in [0.15, 0.2) is 0 Å². The van der Waals surface area contributed by atoms with Crippen LogP contribution in [0.5, 0.6) is 0 Å². The van der Waals surface area contributed by atoms with E-state index in [1.165, 1.54) is 6.07 Å². The highest BCUT2D eigenvalue weighted by Gasteiger charge is 2.40. The average molecular weight is 363 g/mol. The predicted octanol–water partition coefficient (Wildman–Crippen LogP) is 3.65. The van der Waals surface area contributed by atoms with Crippen LogP contribution < -0.4 is 5.32 Å². The zero-order valence-electron chi connectivity index (χ0n) is 13.6. The van der Waals surface area contributed by atoms with Crippen LogP contribution in [0.3, 0.4) is 0 Å². The molecule has 0 radical (unpaired) electrons.